The van der Waals surface area contributed by atoms with E-state index < -0.39 is 17.8 Å². The lowest BCUT2D eigenvalue weighted by Gasteiger charge is -2.12. The molecule has 0 bridgehead atoms. The van der Waals surface area contributed by atoms with Gasteiger partial charge in [-0.05, 0) is 24.6 Å². The number of aryl methyl sites for hydroxylation is 1. The van der Waals surface area contributed by atoms with Gasteiger partial charge in [0.15, 0.2) is 0 Å². The lowest BCUT2D eigenvalue weighted by molar-refractivity contribution is -0.142. The zero-order valence-corrected chi connectivity index (χ0v) is 9.97. The zero-order chi connectivity index (χ0) is 11.6. The number of benzene rings is 1. The molecule has 0 heterocycles. The summed E-state index contributed by atoms with van der Waals surface area (Å²) in [5.74, 6) is -1.14. The van der Waals surface area contributed by atoms with Gasteiger partial charge in [-0.2, -0.15) is 0 Å². The van der Waals surface area contributed by atoms with Gasteiger partial charge in [-0.1, -0.05) is 15.9 Å². The fraction of sp³-hybridized carbons (Fsp3) is 0.300. The van der Waals surface area contributed by atoms with Crippen molar-refractivity contribution in [2.75, 3.05) is 7.11 Å². The molecule has 0 saturated heterocycles. The highest BCUT2D eigenvalue weighted by atomic mass is 79.9. The highest BCUT2D eigenvalue weighted by Crippen LogP contribution is 2.24. The summed E-state index contributed by atoms with van der Waals surface area (Å²) in [6, 6.07) is 2.00. The van der Waals surface area contributed by atoms with Gasteiger partial charge >= 0.3 is 5.97 Å². The number of nitrogens with two attached hydrogens (primary N) is 1. The van der Waals surface area contributed by atoms with Crippen molar-refractivity contribution >= 4 is 21.9 Å². The van der Waals surface area contributed by atoms with E-state index >= 15 is 0 Å². The summed E-state index contributed by atoms with van der Waals surface area (Å²) >= 11 is 3.21. The lowest BCUT2D eigenvalue weighted by atomic mass is 10.0. The molecule has 2 N–H and O–H groups in total. The fourth-order valence-electron chi connectivity index (χ4n) is 1.23. The summed E-state index contributed by atoms with van der Waals surface area (Å²) in [7, 11) is 1.21. The van der Waals surface area contributed by atoms with Crippen LogP contribution in [0.15, 0.2) is 16.6 Å². The molecule has 1 atom stereocenters. The molecule has 0 aliphatic carbocycles. The van der Waals surface area contributed by atoms with Crippen LogP contribution in [0, 0.1) is 12.7 Å². The molecule has 0 radical (unpaired) electrons. The van der Waals surface area contributed by atoms with Gasteiger partial charge in [0.25, 0.3) is 0 Å². The van der Waals surface area contributed by atoms with Crippen molar-refractivity contribution in [2.45, 2.75) is 13.0 Å². The van der Waals surface area contributed by atoms with E-state index in [9.17, 15) is 9.18 Å². The predicted octanol–water partition coefficient (Wildman–Crippen LogP) is 2.07. The van der Waals surface area contributed by atoms with Crippen LogP contribution in [-0.4, -0.2) is 13.1 Å². The van der Waals surface area contributed by atoms with Gasteiger partial charge < -0.3 is 10.5 Å². The number of methoxy groups -OCH3 is 1. The van der Waals surface area contributed by atoms with Crippen molar-refractivity contribution in [1.82, 2.24) is 0 Å². The van der Waals surface area contributed by atoms with Gasteiger partial charge in [0.1, 0.15) is 11.9 Å². The minimum Gasteiger partial charge on any atom is -0.468 e. The topological polar surface area (TPSA) is 52.3 Å². The Morgan fingerprint density at radius 3 is 2.73 bits per heavy atom. The van der Waals surface area contributed by atoms with Crippen molar-refractivity contribution in [2.24, 2.45) is 5.73 Å². The minimum absolute atomic E-state index is 0.133. The van der Waals surface area contributed by atoms with Crippen LogP contribution in [0.2, 0.25) is 0 Å². The Balaban J connectivity index is 3.19. The van der Waals surface area contributed by atoms with E-state index in [1.165, 1.54) is 13.2 Å². The number of hydrogen-bond donors (Lipinski definition) is 1. The van der Waals surface area contributed by atoms with Crippen LogP contribution in [-0.2, 0) is 9.53 Å². The first-order valence-corrected chi connectivity index (χ1v) is 5.05. The van der Waals surface area contributed by atoms with Crippen LogP contribution < -0.4 is 5.73 Å². The molecule has 0 aromatic heterocycles. The van der Waals surface area contributed by atoms with Crippen molar-refractivity contribution < 1.29 is 13.9 Å². The minimum atomic E-state index is -1.09. The largest absolute Gasteiger partial charge is 0.468 e. The standard InChI is InChI=1S/C10H11BrFNO2/c1-5-3-6(11)4-7(8(5)12)9(13)10(14)15-2/h3-4,9H,13H2,1-2H3/t9-/m1/s1. The summed E-state index contributed by atoms with van der Waals surface area (Å²) in [6.45, 7) is 1.60. The predicted molar refractivity (Wildman–Crippen MR) is 57.8 cm³/mol. The summed E-state index contributed by atoms with van der Waals surface area (Å²) in [6.07, 6.45) is 0. The first-order valence-electron chi connectivity index (χ1n) is 4.26. The Labute approximate surface area is 95.5 Å². The molecule has 1 aromatic rings. The van der Waals surface area contributed by atoms with Gasteiger partial charge in [0, 0.05) is 10.0 Å². The Morgan fingerprint density at radius 2 is 2.20 bits per heavy atom. The molecule has 0 spiro atoms. The summed E-state index contributed by atoms with van der Waals surface area (Å²) in [5, 5.41) is 0. The van der Waals surface area contributed by atoms with Crippen LogP contribution in [0.1, 0.15) is 17.2 Å². The van der Waals surface area contributed by atoms with E-state index in [0.717, 1.165) is 0 Å². The molecule has 0 saturated carbocycles. The average Bonchev–Trinajstić information content (AvgIpc) is 2.21. The molecule has 1 rings (SSSR count). The van der Waals surface area contributed by atoms with Gasteiger partial charge in [-0.25, -0.2) is 4.39 Å². The summed E-state index contributed by atoms with van der Waals surface area (Å²) in [5.41, 5.74) is 6.11. The Morgan fingerprint density at radius 1 is 1.60 bits per heavy atom. The molecular weight excluding hydrogens is 265 g/mol. The second-order valence-electron chi connectivity index (χ2n) is 3.13. The van der Waals surface area contributed by atoms with Gasteiger partial charge in [0.2, 0.25) is 0 Å². The first-order chi connectivity index (χ1) is 6.97. The number of esters is 1. The molecule has 1 aromatic carbocycles. The van der Waals surface area contributed by atoms with E-state index in [4.69, 9.17) is 5.73 Å². The lowest BCUT2D eigenvalue weighted by Crippen LogP contribution is -2.24. The molecular formula is C10H11BrFNO2. The van der Waals surface area contributed by atoms with Gasteiger partial charge in [-0.15, -0.1) is 0 Å². The molecule has 0 aliphatic heterocycles. The smallest absolute Gasteiger partial charge is 0.327 e. The van der Waals surface area contributed by atoms with E-state index in [2.05, 4.69) is 20.7 Å². The van der Waals surface area contributed by atoms with E-state index in [0.29, 0.717) is 10.0 Å². The van der Waals surface area contributed by atoms with Crippen molar-refractivity contribution in [3.8, 4) is 0 Å². The molecule has 5 heteroatoms. The molecule has 0 amide bonds. The van der Waals surface area contributed by atoms with Crippen LogP contribution in [0.3, 0.4) is 0 Å². The third-order valence-electron chi connectivity index (χ3n) is 2.04. The molecule has 0 aliphatic rings. The van der Waals surface area contributed by atoms with Crippen LogP contribution >= 0.6 is 15.9 Å². The maximum Gasteiger partial charge on any atom is 0.327 e. The maximum absolute atomic E-state index is 13.6. The highest BCUT2D eigenvalue weighted by Gasteiger charge is 2.21. The average molecular weight is 276 g/mol. The van der Waals surface area contributed by atoms with E-state index in [1.807, 2.05) is 0 Å². The fourth-order valence-corrected chi connectivity index (χ4v) is 1.82. The van der Waals surface area contributed by atoms with Crippen molar-refractivity contribution in [1.29, 1.82) is 0 Å². The second-order valence-corrected chi connectivity index (χ2v) is 4.04. The molecule has 3 nitrogen and oxygen atoms in total. The quantitative estimate of drug-likeness (QED) is 0.841. The monoisotopic (exact) mass is 275 g/mol. The van der Waals surface area contributed by atoms with Crippen LogP contribution in [0.25, 0.3) is 0 Å². The zero-order valence-electron chi connectivity index (χ0n) is 8.38. The number of rotatable bonds is 2. The Kier molecular flexibility index (Phi) is 3.82. The Bertz CT molecular complexity index is 395. The first kappa shape index (κ1) is 12.1. The number of carbonyl (C=O) groups is 1. The number of halogens is 2. The number of carbonyl (C=O) groups excluding carboxylic acids is 1. The molecule has 82 valence electrons. The maximum atomic E-state index is 13.6. The third-order valence-corrected chi connectivity index (χ3v) is 2.50. The molecule has 0 unspecified atom stereocenters. The van der Waals surface area contributed by atoms with Gasteiger partial charge in [0.05, 0.1) is 7.11 Å². The molecule has 15 heavy (non-hydrogen) atoms. The molecule has 0 fully saturated rings. The number of hydrogen-bond acceptors (Lipinski definition) is 3. The third kappa shape index (κ3) is 2.54. The van der Waals surface area contributed by atoms with E-state index in [-0.39, 0.29) is 5.56 Å². The Hall–Kier alpha value is -0.940. The van der Waals surface area contributed by atoms with Gasteiger partial charge in [-0.3, -0.25) is 4.79 Å². The normalized spacial score (nSPS) is 12.3. The van der Waals surface area contributed by atoms with Crippen LogP contribution in [0.5, 0.6) is 0 Å². The van der Waals surface area contributed by atoms with Crippen LogP contribution in [0.4, 0.5) is 4.39 Å². The SMILES string of the molecule is COC(=O)[C@H](N)c1cc(Br)cc(C)c1F. The number of ether oxygens (including phenoxy) is 1. The highest BCUT2D eigenvalue weighted by molar-refractivity contribution is 9.10. The summed E-state index contributed by atoms with van der Waals surface area (Å²) < 4.78 is 18.8. The summed E-state index contributed by atoms with van der Waals surface area (Å²) in [4.78, 5) is 11.2. The van der Waals surface area contributed by atoms with Crippen molar-refractivity contribution in [3.63, 3.8) is 0 Å². The second kappa shape index (κ2) is 4.72. The van der Waals surface area contributed by atoms with Crippen molar-refractivity contribution in [3.05, 3.63) is 33.5 Å². The van der Waals surface area contributed by atoms with E-state index in [1.54, 1.807) is 13.0 Å².